The van der Waals surface area contributed by atoms with Gasteiger partial charge in [-0.05, 0) is 40.1 Å². The lowest BCUT2D eigenvalue weighted by Crippen LogP contribution is -2.24. The van der Waals surface area contributed by atoms with Crippen LogP contribution in [0, 0.1) is 5.82 Å². The Hall–Kier alpha value is -1.42. The second-order valence-corrected chi connectivity index (χ2v) is 6.58. The van der Waals surface area contributed by atoms with Gasteiger partial charge in [-0.3, -0.25) is 4.90 Å². The Morgan fingerprint density at radius 2 is 1.86 bits per heavy atom. The van der Waals surface area contributed by atoms with Gasteiger partial charge in [0.15, 0.2) is 0 Å². The van der Waals surface area contributed by atoms with E-state index < -0.39 is 0 Å². The van der Waals surface area contributed by atoms with E-state index in [4.69, 9.17) is 11.6 Å². The molecule has 0 fully saturated rings. The van der Waals surface area contributed by atoms with Crippen LogP contribution in [0.25, 0.3) is 10.1 Å². The molecule has 22 heavy (non-hydrogen) atoms. The van der Waals surface area contributed by atoms with Crippen molar-refractivity contribution in [1.82, 2.24) is 4.90 Å². The lowest BCUT2D eigenvalue weighted by atomic mass is 10.1. The quantitative estimate of drug-likeness (QED) is 0.555. The predicted octanol–water partition coefficient (Wildman–Crippen LogP) is 5.28. The molecular formula is C18H17ClFNS. The Morgan fingerprint density at radius 1 is 1.05 bits per heavy atom. The first kappa shape index (κ1) is 15.5. The van der Waals surface area contributed by atoms with Gasteiger partial charge in [0.25, 0.3) is 0 Å². The van der Waals surface area contributed by atoms with E-state index in [-0.39, 0.29) is 5.82 Å². The Bertz CT molecular complexity index is 741. The van der Waals surface area contributed by atoms with Gasteiger partial charge in [0, 0.05) is 30.2 Å². The molecule has 0 bridgehead atoms. The van der Waals surface area contributed by atoms with Crippen molar-refractivity contribution in [1.29, 1.82) is 0 Å². The third-order valence-electron chi connectivity index (χ3n) is 3.66. The topological polar surface area (TPSA) is 3.24 Å². The average molecular weight is 334 g/mol. The third kappa shape index (κ3) is 3.67. The van der Waals surface area contributed by atoms with Crippen LogP contribution >= 0.6 is 22.9 Å². The fourth-order valence-electron chi connectivity index (χ4n) is 2.59. The molecule has 114 valence electrons. The highest BCUT2D eigenvalue weighted by Gasteiger charge is 2.11. The van der Waals surface area contributed by atoms with Crippen LogP contribution in [-0.2, 0) is 13.1 Å². The fourth-order valence-corrected chi connectivity index (χ4v) is 3.77. The molecule has 0 aliphatic carbocycles. The number of hydrogen-bond acceptors (Lipinski definition) is 2. The lowest BCUT2D eigenvalue weighted by molar-refractivity contribution is 0.274. The van der Waals surface area contributed by atoms with Gasteiger partial charge < -0.3 is 0 Å². The normalized spacial score (nSPS) is 11.4. The number of rotatable bonds is 6. The van der Waals surface area contributed by atoms with E-state index in [1.54, 1.807) is 17.4 Å². The van der Waals surface area contributed by atoms with Crippen LogP contribution in [0.5, 0.6) is 0 Å². The fraction of sp³-hybridized carbons (Fsp3) is 0.222. The zero-order valence-corrected chi connectivity index (χ0v) is 13.7. The van der Waals surface area contributed by atoms with Gasteiger partial charge in [-0.1, -0.05) is 30.3 Å². The molecule has 3 aromatic rings. The second kappa shape index (κ2) is 7.23. The summed E-state index contributed by atoms with van der Waals surface area (Å²) in [4.78, 5) is 2.30. The maximum absolute atomic E-state index is 13.5. The molecule has 2 aromatic carbocycles. The molecule has 0 radical (unpaired) electrons. The first-order valence-corrected chi connectivity index (χ1v) is 8.65. The molecule has 1 aromatic heterocycles. The summed E-state index contributed by atoms with van der Waals surface area (Å²) < 4.78 is 14.6. The van der Waals surface area contributed by atoms with Crippen molar-refractivity contribution in [2.45, 2.75) is 13.1 Å². The first-order chi connectivity index (χ1) is 10.8. The number of benzene rings is 2. The largest absolute Gasteiger partial charge is 0.294 e. The van der Waals surface area contributed by atoms with Crippen molar-refractivity contribution < 1.29 is 4.39 Å². The number of nitrogens with zero attached hydrogens (tertiary/aromatic N) is 1. The zero-order valence-electron chi connectivity index (χ0n) is 12.1. The van der Waals surface area contributed by atoms with Crippen molar-refractivity contribution in [2.75, 3.05) is 12.4 Å². The van der Waals surface area contributed by atoms with Crippen molar-refractivity contribution in [3.63, 3.8) is 0 Å². The zero-order chi connectivity index (χ0) is 15.4. The summed E-state index contributed by atoms with van der Waals surface area (Å²) in [6.07, 6.45) is 0. The maximum atomic E-state index is 13.5. The Labute approximate surface area is 138 Å². The van der Waals surface area contributed by atoms with Gasteiger partial charge in [-0.15, -0.1) is 22.9 Å². The Kier molecular flexibility index (Phi) is 5.08. The predicted molar refractivity (Wildman–Crippen MR) is 93.1 cm³/mol. The van der Waals surface area contributed by atoms with Crippen LogP contribution in [-0.4, -0.2) is 17.3 Å². The molecule has 3 rings (SSSR count). The molecule has 0 N–H and O–H groups in total. The molecule has 0 aliphatic heterocycles. The molecule has 4 heteroatoms. The van der Waals surface area contributed by atoms with Gasteiger partial charge in [-0.25, -0.2) is 4.39 Å². The summed E-state index contributed by atoms with van der Waals surface area (Å²) in [5, 5.41) is 3.13. The van der Waals surface area contributed by atoms with Crippen LogP contribution in [0.1, 0.15) is 11.1 Å². The minimum Gasteiger partial charge on any atom is -0.294 e. The minimum absolute atomic E-state index is 0.181. The number of hydrogen-bond donors (Lipinski definition) is 0. The molecule has 0 saturated heterocycles. The van der Waals surface area contributed by atoms with E-state index in [9.17, 15) is 4.39 Å². The molecule has 1 heterocycles. The van der Waals surface area contributed by atoms with Gasteiger partial charge >= 0.3 is 0 Å². The second-order valence-electron chi connectivity index (χ2n) is 5.29. The molecule has 1 nitrogen and oxygen atoms in total. The Balaban J connectivity index is 1.81. The van der Waals surface area contributed by atoms with Crippen molar-refractivity contribution >= 4 is 33.0 Å². The average Bonchev–Trinajstić information content (AvgIpc) is 2.91. The van der Waals surface area contributed by atoms with Gasteiger partial charge in [0.1, 0.15) is 5.82 Å². The molecule has 0 unspecified atom stereocenters. The van der Waals surface area contributed by atoms with Crippen LogP contribution in [0.3, 0.4) is 0 Å². The number of alkyl halides is 1. The van der Waals surface area contributed by atoms with Gasteiger partial charge in [0.2, 0.25) is 0 Å². The number of thiophene rings is 1. The van der Waals surface area contributed by atoms with Crippen LogP contribution in [0.4, 0.5) is 4.39 Å². The highest BCUT2D eigenvalue weighted by Crippen LogP contribution is 2.28. The molecule has 0 atom stereocenters. The van der Waals surface area contributed by atoms with Gasteiger partial charge in [0.05, 0.1) is 0 Å². The van der Waals surface area contributed by atoms with Crippen molar-refractivity contribution in [2.24, 2.45) is 0 Å². The number of fused-ring (bicyclic) bond motifs is 1. The van der Waals surface area contributed by atoms with E-state index in [1.807, 2.05) is 24.3 Å². The molecule has 0 aliphatic rings. The lowest BCUT2D eigenvalue weighted by Gasteiger charge is -2.21. The first-order valence-electron chi connectivity index (χ1n) is 7.24. The molecule has 0 amide bonds. The van der Waals surface area contributed by atoms with Crippen LogP contribution in [0.15, 0.2) is 53.9 Å². The van der Waals surface area contributed by atoms with Crippen LogP contribution < -0.4 is 0 Å². The monoisotopic (exact) mass is 333 g/mol. The van der Waals surface area contributed by atoms with E-state index in [2.05, 4.69) is 22.4 Å². The van der Waals surface area contributed by atoms with Gasteiger partial charge in [-0.2, -0.15) is 0 Å². The van der Waals surface area contributed by atoms with E-state index in [0.717, 1.165) is 29.7 Å². The molecule has 0 saturated carbocycles. The summed E-state index contributed by atoms with van der Waals surface area (Å²) in [6, 6.07) is 15.3. The summed E-state index contributed by atoms with van der Waals surface area (Å²) in [6.45, 7) is 2.44. The maximum Gasteiger partial charge on any atom is 0.123 e. The molecule has 0 spiro atoms. The summed E-state index contributed by atoms with van der Waals surface area (Å²) >= 11 is 7.61. The third-order valence-corrected chi connectivity index (χ3v) is 4.84. The standard InChI is InChI=1S/C18H17ClFNS/c19-8-9-21(11-14-4-2-1-3-5-14)12-15-13-22-18-7-6-16(20)10-17(15)18/h1-7,10,13H,8-9,11-12H2. The minimum atomic E-state index is -0.181. The van der Waals surface area contributed by atoms with Crippen LogP contribution in [0.2, 0.25) is 0 Å². The summed E-state index contributed by atoms with van der Waals surface area (Å²) in [5.74, 6) is 0.405. The van der Waals surface area contributed by atoms with Crippen molar-refractivity contribution in [3.05, 3.63) is 70.9 Å². The SMILES string of the molecule is Fc1ccc2scc(CN(CCCl)Cc3ccccc3)c2c1. The molecular weight excluding hydrogens is 317 g/mol. The van der Waals surface area contributed by atoms with E-state index in [0.29, 0.717) is 5.88 Å². The smallest absolute Gasteiger partial charge is 0.123 e. The number of halogens is 2. The van der Waals surface area contributed by atoms with E-state index in [1.165, 1.54) is 17.2 Å². The highest BCUT2D eigenvalue weighted by molar-refractivity contribution is 7.17. The Morgan fingerprint density at radius 3 is 2.64 bits per heavy atom. The summed E-state index contributed by atoms with van der Waals surface area (Å²) in [7, 11) is 0. The van der Waals surface area contributed by atoms with Crippen molar-refractivity contribution in [3.8, 4) is 0 Å². The summed E-state index contributed by atoms with van der Waals surface area (Å²) in [5.41, 5.74) is 2.43. The highest BCUT2D eigenvalue weighted by atomic mass is 35.5. The van der Waals surface area contributed by atoms with E-state index >= 15 is 0 Å².